The summed E-state index contributed by atoms with van der Waals surface area (Å²) in [4.78, 5) is 0.964. The van der Waals surface area contributed by atoms with Crippen LogP contribution in [-0.4, -0.2) is 11.5 Å². The van der Waals surface area contributed by atoms with Crippen molar-refractivity contribution in [3.05, 3.63) is 23.8 Å². The second-order valence-corrected chi connectivity index (χ2v) is 3.44. The average molecular weight is 165 g/mol. The van der Waals surface area contributed by atoms with Crippen LogP contribution in [0.15, 0.2) is 23.8 Å². The first-order valence-corrected chi connectivity index (χ1v) is 4.43. The van der Waals surface area contributed by atoms with Gasteiger partial charge in [0, 0.05) is 6.54 Å². The van der Waals surface area contributed by atoms with E-state index in [1.165, 1.54) is 18.4 Å². The maximum atomic E-state index is 5.19. The van der Waals surface area contributed by atoms with Gasteiger partial charge in [0.1, 0.15) is 4.99 Å². The van der Waals surface area contributed by atoms with Crippen molar-refractivity contribution in [1.82, 2.24) is 5.32 Å². The number of rotatable bonds is 0. The standard InChI is InChI=1S/C9H11NS/c11-9-8-4-2-1-3-7(8)5-6-10-9/h1-2,4,7H,3,5-6H2,(H,10,11). The summed E-state index contributed by atoms with van der Waals surface area (Å²) in [6.45, 7) is 1.05. The largest absolute Gasteiger partial charge is 0.376 e. The van der Waals surface area contributed by atoms with E-state index in [4.69, 9.17) is 12.2 Å². The molecule has 2 rings (SSSR count). The fraction of sp³-hybridized carbons (Fsp3) is 0.444. The quantitative estimate of drug-likeness (QED) is 0.549. The van der Waals surface area contributed by atoms with Crippen molar-refractivity contribution in [3.8, 4) is 0 Å². The third-order valence-corrected chi connectivity index (χ3v) is 2.69. The highest BCUT2D eigenvalue weighted by Gasteiger charge is 2.22. The lowest BCUT2D eigenvalue weighted by Gasteiger charge is -2.27. The molecule has 1 saturated heterocycles. The summed E-state index contributed by atoms with van der Waals surface area (Å²) in [6, 6.07) is 0. The van der Waals surface area contributed by atoms with Crippen molar-refractivity contribution < 1.29 is 0 Å². The average Bonchev–Trinajstić information content (AvgIpc) is 2.06. The Balaban J connectivity index is 2.27. The molecule has 1 unspecified atom stereocenters. The molecule has 0 aromatic heterocycles. The van der Waals surface area contributed by atoms with Gasteiger partial charge in [-0.05, 0) is 24.3 Å². The van der Waals surface area contributed by atoms with Crippen molar-refractivity contribution in [2.24, 2.45) is 5.92 Å². The van der Waals surface area contributed by atoms with Crippen molar-refractivity contribution >= 4 is 17.2 Å². The molecule has 1 atom stereocenters. The topological polar surface area (TPSA) is 12.0 Å². The third kappa shape index (κ3) is 1.23. The van der Waals surface area contributed by atoms with Gasteiger partial charge in [0.05, 0.1) is 0 Å². The number of fused-ring (bicyclic) bond motifs is 1. The van der Waals surface area contributed by atoms with Gasteiger partial charge in [-0.3, -0.25) is 0 Å². The molecule has 0 radical (unpaired) electrons. The number of allylic oxidation sites excluding steroid dienone is 3. The van der Waals surface area contributed by atoms with Gasteiger partial charge in [0.25, 0.3) is 0 Å². The lowest BCUT2D eigenvalue weighted by Crippen LogP contribution is -2.35. The zero-order valence-electron chi connectivity index (χ0n) is 6.34. The number of nitrogens with one attached hydrogen (secondary N) is 1. The molecule has 1 aliphatic carbocycles. The van der Waals surface area contributed by atoms with Crippen LogP contribution in [0.5, 0.6) is 0 Å². The highest BCUT2D eigenvalue weighted by atomic mass is 32.1. The summed E-state index contributed by atoms with van der Waals surface area (Å²) in [7, 11) is 0. The van der Waals surface area contributed by atoms with Gasteiger partial charge < -0.3 is 5.32 Å². The summed E-state index contributed by atoms with van der Waals surface area (Å²) in [6.07, 6.45) is 8.87. The molecule has 0 aromatic carbocycles. The highest BCUT2D eigenvalue weighted by Crippen LogP contribution is 2.26. The van der Waals surface area contributed by atoms with Gasteiger partial charge in [-0.25, -0.2) is 0 Å². The summed E-state index contributed by atoms with van der Waals surface area (Å²) >= 11 is 5.19. The molecule has 2 aliphatic rings. The van der Waals surface area contributed by atoms with Crippen LogP contribution < -0.4 is 5.32 Å². The van der Waals surface area contributed by atoms with E-state index < -0.39 is 0 Å². The van der Waals surface area contributed by atoms with E-state index in [9.17, 15) is 0 Å². The van der Waals surface area contributed by atoms with Crippen molar-refractivity contribution in [2.75, 3.05) is 6.54 Å². The molecule has 1 fully saturated rings. The summed E-state index contributed by atoms with van der Waals surface area (Å²) in [5, 5.41) is 3.21. The maximum Gasteiger partial charge on any atom is 0.102 e. The second kappa shape index (κ2) is 2.78. The Bertz CT molecular complexity index is 240. The maximum absolute atomic E-state index is 5.19. The molecule has 0 spiro atoms. The molecular weight excluding hydrogens is 154 g/mol. The first-order valence-electron chi connectivity index (χ1n) is 4.03. The SMILES string of the molecule is S=C1NCCC2CC=CC=C12. The highest BCUT2D eigenvalue weighted by molar-refractivity contribution is 7.80. The van der Waals surface area contributed by atoms with E-state index in [1.807, 2.05) is 0 Å². The number of thiocarbonyl (C=S) groups is 1. The molecular formula is C9H11NS. The van der Waals surface area contributed by atoms with E-state index in [1.54, 1.807) is 0 Å². The fourth-order valence-corrected chi connectivity index (χ4v) is 2.01. The number of piperidine rings is 1. The van der Waals surface area contributed by atoms with Crippen molar-refractivity contribution in [1.29, 1.82) is 0 Å². The minimum Gasteiger partial charge on any atom is -0.376 e. The predicted molar refractivity (Wildman–Crippen MR) is 50.5 cm³/mol. The number of hydrogen-bond acceptors (Lipinski definition) is 1. The van der Waals surface area contributed by atoms with Crippen LogP contribution in [0.25, 0.3) is 0 Å². The van der Waals surface area contributed by atoms with Gasteiger partial charge in [0.2, 0.25) is 0 Å². The Morgan fingerprint density at radius 3 is 3.27 bits per heavy atom. The molecule has 1 aliphatic heterocycles. The second-order valence-electron chi connectivity index (χ2n) is 3.03. The minimum atomic E-state index is 0.703. The molecule has 2 heteroatoms. The van der Waals surface area contributed by atoms with Crippen LogP contribution in [0, 0.1) is 5.92 Å². The van der Waals surface area contributed by atoms with Crippen LogP contribution >= 0.6 is 12.2 Å². The van der Waals surface area contributed by atoms with E-state index in [0.29, 0.717) is 5.92 Å². The van der Waals surface area contributed by atoms with Gasteiger partial charge in [0.15, 0.2) is 0 Å². The Kier molecular flexibility index (Phi) is 1.78. The molecule has 0 bridgehead atoms. The van der Waals surface area contributed by atoms with Gasteiger partial charge in [-0.1, -0.05) is 30.4 Å². The molecule has 0 amide bonds. The summed E-state index contributed by atoms with van der Waals surface area (Å²) < 4.78 is 0. The Morgan fingerprint density at radius 2 is 2.45 bits per heavy atom. The van der Waals surface area contributed by atoms with E-state index in [2.05, 4.69) is 23.5 Å². The van der Waals surface area contributed by atoms with Gasteiger partial charge in [-0.2, -0.15) is 0 Å². The van der Waals surface area contributed by atoms with Crippen LogP contribution in [0.4, 0.5) is 0 Å². The Labute approximate surface area is 72.2 Å². The predicted octanol–water partition coefficient (Wildman–Crippen LogP) is 1.81. The fourth-order valence-electron chi connectivity index (χ4n) is 1.67. The van der Waals surface area contributed by atoms with Gasteiger partial charge in [-0.15, -0.1) is 0 Å². The van der Waals surface area contributed by atoms with E-state index in [-0.39, 0.29) is 0 Å². The molecule has 0 aromatic rings. The lowest BCUT2D eigenvalue weighted by molar-refractivity contribution is 0.546. The smallest absolute Gasteiger partial charge is 0.102 e. The van der Waals surface area contributed by atoms with Crippen LogP contribution in [0.2, 0.25) is 0 Å². The monoisotopic (exact) mass is 165 g/mol. The molecule has 1 heterocycles. The van der Waals surface area contributed by atoms with E-state index >= 15 is 0 Å². The van der Waals surface area contributed by atoms with Crippen LogP contribution in [0.1, 0.15) is 12.8 Å². The minimum absolute atomic E-state index is 0.703. The first kappa shape index (κ1) is 7.04. The lowest BCUT2D eigenvalue weighted by atomic mass is 9.86. The molecule has 1 nitrogen and oxygen atoms in total. The molecule has 0 saturated carbocycles. The van der Waals surface area contributed by atoms with Crippen LogP contribution in [-0.2, 0) is 0 Å². The zero-order chi connectivity index (χ0) is 7.68. The van der Waals surface area contributed by atoms with Crippen molar-refractivity contribution in [3.63, 3.8) is 0 Å². The Hall–Kier alpha value is -0.630. The van der Waals surface area contributed by atoms with E-state index in [0.717, 1.165) is 11.5 Å². The first-order chi connectivity index (χ1) is 5.38. The van der Waals surface area contributed by atoms with Gasteiger partial charge >= 0.3 is 0 Å². The summed E-state index contributed by atoms with van der Waals surface area (Å²) in [5.74, 6) is 0.703. The zero-order valence-corrected chi connectivity index (χ0v) is 7.16. The van der Waals surface area contributed by atoms with Crippen LogP contribution in [0.3, 0.4) is 0 Å². The normalized spacial score (nSPS) is 28.9. The van der Waals surface area contributed by atoms with Crippen molar-refractivity contribution in [2.45, 2.75) is 12.8 Å². The molecule has 11 heavy (non-hydrogen) atoms. The number of hydrogen-bond donors (Lipinski definition) is 1. The molecule has 1 N–H and O–H groups in total. The third-order valence-electron chi connectivity index (χ3n) is 2.31. The summed E-state index contributed by atoms with van der Waals surface area (Å²) in [5.41, 5.74) is 1.34. The molecule has 58 valence electrons. The Morgan fingerprint density at radius 1 is 1.55 bits per heavy atom.